The lowest BCUT2D eigenvalue weighted by Crippen LogP contribution is -2.42. The molecule has 28 heavy (non-hydrogen) atoms. The molecule has 2 aliphatic rings. The molecule has 1 aromatic heterocycles. The van der Waals surface area contributed by atoms with Gasteiger partial charge < -0.3 is 0 Å². The summed E-state index contributed by atoms with van der Waals surface area (Å²) in [6.45, 7) is 2.05. The van der Waals surface area contributed by atoms with Crippen LogP contribution in [0.1, 0.15) is 35.7 Å². The fourth-order valence-corrected chi connectivity index (χ4v) is 6.28. The molecule has 0 aliphatic carbocycles. The van der Waals surface area contributed by atoms with Gasteiger partial charge in [-0.05, 0) is 43.0 Å². The first kappa shape index (κ1) is 17.5. The van der Waals surface area contributed by atoms with Crippen molar-refractivity contribution in [3.8, 4) is 11.1 Å². The van der Waals surface area contributed by atoms with E-state index in [4.69, 9.17) is 0 Å². The highest BCUT2D eigenvalue weighted by atomic mass is 32.2. The van der Waals surface area contributed by atoms with Crippen molar-refractivity contribution in [2.24, 2.45) is 0 Å². The molecule has 5 rings (SSSR count). The monoisotopic (exact) mass is 391 g/mol. The lowest BCUT2D eigenvalue weighted by atomic mass is 10.0. The molecule has 5 nitrogen and oxygen atoms in total. The van der Waals surface area contributed by atoms with Gasteiger partial charge in [-0.1, -0.05) is 42.0 Å². The molecule has 0 saturated carbocycles. The van der Waals surface area contributed by atoms with Gasteiger partial charge in [0.05, 0.1) is 16.6 Å². The minimum atomic E-state index is -3.57. The quantitative estimate of drug-likeness (QED) is 0.679. The fourth-order valence-electron chi connectivity index (χ4n) is 4.43. The summed E-state index contributed by atoms with van der Waals surface area (Å²) in [6.07, 6.45) is 5.67. The third-order valence-corrected chi connectivity index (χ3v) is 7.85. The molecule has 3 heterocycles. The summed E-state index contributed by atoms with van der Waals surface area (Å²) in [5.41, 5.74) is 5.24. The van der Waals surface area contributed by atoms with Crippen molar-refractivity contribution in [2.45, 2.75) is 43.2 Å². The van der Waals surface area contributed by atoms with E-state index in [9.17, 15) is 8.42 Å². The molecule has 2 atom stereocenters. The Morgan fingerprint density at radius 3 is 2.36 bits per heavy atom. The number of fused-ring (bicyclic) bond motifs is 4. The normalized spacial score (nSPS) is 21.5. The molecular formula is C22H21N3O2S. The zero-order valence-corrected chi connectivity index (χ0v) is 16.4. The molecule has 1 saturated heterocycles. The van der Waals surface area contributed by atoms with Crippen LogP contribution < -0.4 is 0 Å². The van der Waals surface area contributed by atoms with Crippen LogP contribution in [0.4, 0.5) is 0 Å². The highest BCUT2D eigenvalue weighted by molar-refractivity contribution is 7.89. The third-order valence-electron chi connectivity index (χ3n) is 5.87. The largest absolute Gasteiger partial charge is 0.244 e. The minimum Gasteiger partial charge on any atom is -0.244 e. The van der Waals surface area contributed by atoms with Crippen LogP contribution in [0.15, 0.2) is 66.0 Å². The SMILES string of the molecule is Cc1ccc(-c2ccc(S(=O)(=O)N3C4CCC3c3cncnc3C4)cc2)cc1. The molecule has 0 spiro atoms. The maximum Gasteiger partial charge on any atom is 0.243 e. The van der Waals surface area contributed by atoms with Crippen LogP contribution in [0.2, 0.25) is 0 Å². The van der Waals surface area contributed by atoms with Crippen molar-refractivity contribution >= 4 is 10.0 Å². The maximum absolute atomic E-state index is 13.4. The van der Waals surface area contributed by atoms with Crippen molar-refractivity contribution in [1.82, 2.24) is 14.3 Å². The first-order chi connectivity index (χ1) is 13.5. The summed E-state index contributed by atoms with van der Waals surface area (Å²) in [4.78, 5) is 8.84. The molecule has 3 aromatic rings. The molecule has 2 aromatic carbocycles. The summed E-state index contributed by atoms with van der Waals surface area (Å²) in [5, 5.41) is 0. The zero-order valence-electron chi connectivity index (χ0n) is 15.6. The third kappa shape index (κ3) is 2.75. The molecule has 0 amide bonds. The number of rotatable bonds is 3. The number of nitrogens with zero attached hydrogens (tertiary/aromatic N) is 3. The smallest absolute Gasteiger partial charge is 0.243 e. The highest BCUT2D eigenvalue weighted by Crippen LogP contribution is 2.45. The number of hydrogen-bond acceptors (Lipinski definition) is 4. The maximum atomic E-state index is 13.4. The van der Waals surface area contributed by atoms with E-state index in [1.807, 2.05) is 12.1 Å². The van der Waals surface area contributed by atoms with Gasteiger partial charge in [0, 0.05) is 24.2 Å². The zero-order chi connectivity index (χ0) is 19.3. The summed E-state index contributed by atoms with van der Waals surface area (Å²) < 4.78 is 28.6. The van der Waals surface area contributed by atoms with Crippen LogP contribution in [-0.2, 0) is 16.4 Å². The Hall–Kier alpha value is -2.57. The number of benzene rings is 2. The Morgan fingerprint density at radius 2 is 1.64 bits per heavy atom. The first-order valence-corrected chi connectivity index (χ1v) is 11.0. The van der Waals surface area contributed by atoms with Crippen LogP contribution in [0.3, 0.4) is 0 Å². The van der Waals surface area contributed by atoms with Crippen LogP contribution >= 0.6 is 0 Å². The predicted octanol–water partition coefficient (Wildman–Crippen LogP) is 3.90. The summed E-state index contributed by atoms with van der Waals surface area (Å²) in [5.74, 6) is 0. The van der Waals surface area contributed by atoms with Gasteiger partial charge in [0.1, 0.15) is 6.33 Å². The van der Waals surface area contributed by atoms with Crippen molar-refractivity contribution in [1.29, 1.82) is 0 Å². The van der Waals surface area contributed by atoms with E-state index in [1.54, 1.807) is 29.0 Å². The van der Waals surface area contributed by atoms with E-state index in [0.717, 1.165) is 35.2 Å². The van der Waals surface area contributed by atoms with Crippen molar-refractivity contribution in [3.63, 3.8) is 0 Å². The number of aromatic nitrogens is 2. The molecule has 2 bridgehead atoms. The van der Waals surface area contributed by atoms with Gasteiger partial charge in [0.25, 0.3) is 0 Å². The van der Waals surface area contributed by atoms with Gasteiger partial charge >= 0.3 is 0 Å². The highest BCUT2D eigenvalue weighted by Gasteiger charge is 2.47. The molecule has 0 radical (unpaired) electrons. The van der Waals surface area contributed by atoms with E-state index in [2.05, 4.69) is 41.2 Å². The predicted molar refractivity (Wildman–Crippen MR) is 107 cm³/mol. The Labute approximate surface area is 165 Å². The van der Waals surface area contributed by atoms with Gasteiger partial charge in [-0.3, -0.25) is 0 Å². The van der Waals surface area contributed by atoms with E-state index in [1.165, 1.54) is 5.56 Å². The number of hydrogen-bond donors (Lipinski definition) is 0. The lowest BCUT2D eigenvalue weighted by Gasteiger charge is -2.34. The van der Waals surface area contributed by atoms with Crippen molar-refractivity contribution < 1.29 is 8.42 Å². The molecule has 1 fully saturated rings. The van der Waals surface area contributed by atoms with Gasteiger partial charge in [-0.15, -0.1) is 0 Å². The Morgan fingerprint density at radius 1 is 0.964 bits per heavy atom. The Bertz CT molecular complexity index is 1130. The minimum absolute atomic E-state index is 0.0193. The van der Waals surface area contributed by atoms with Gasteiger partial charge in [-0.25, -0.2) is 18.4 Å². The first-order valence-electron chi connectivity index (χ1n) is 9.53. The topological polar surface area (TPSA) is 63.2 Å². The van der Waals surface area contributed by atoms with Crippen LogP contribution in [0.25, 0.3) is 11.1 Å². The van der Waals surface area contributed by atoms with Gasteiger partial charge in [0.15, 0.2) is 0 Å². The standard InChI is InChI=1S/C22H21N3O2S/c1-15-2-4-16(5-3-15)17-6-9-19(10-7-17)28(26,27)25-18-8-11-22(25)20-13-23-14-24-21(20)12-18/h2-7,9-10,13-14,18,22H,8,11-12H2,1H3. The second-order valence-electron chi connectivity index (χ2n) is 7.60. The van der Waals surface area contributed by atoms with Gasteiger partial charge in [0.2, 0.25) is 10.0 Å². The molecular weight excluding hydrogens is 370 g/mol. The molecule has 2 aliphatic heterocycles. The van der Waals surface area contributed by atoms with Crippen LogP contribution in [-0.4, -0.2) is 28.7 Å². The Balaban J connectivity index is 1.49. The molecule has 2 unspecified atom stereocenters. The molecule has 0 N–H and O–H groups in total. The fraction of sp³-hybridized carbons (Fsp3) is 0.273. The number of aryl methyl sites for hydroxylation is 1. The Kier molecular flexibility index (Phi) is 4.07. The molecule has 142 valence electrons. The van der Waals surface area contributed by atoms with Crippen LogP contribution in [0, 0.1) is 6.92 Å². The second-order valence-corrected chi connectivity index (χ2v) is 9.44. The van der Waals surface area contributed by atoms with E-state index in [-0.39, 0.29) is 12.1 Å². The van der Waals surface area contributed by atoms with E-state index < -0.39 is 10.0 Å². The van der Waals surface area contributed by atoms with E-state index >= 15 is 0 Å². The second kappa shape index (κ2) is 6.50. The summed E-state index contributed by atoms with van der Waals surface area (Å²) in [7, 11) is -3.57. The average molecular weight is 391 g/mol. The average Bonchev–Trinajstić information content (AvgIpc) is 3.05. The summed E-state index contributed by atoms with van der Waals surface area (Å²) >= 11 is 0. The van der Waals surface area contributed by atoms with Crippen molar-refractivity contribution in [2.75, 3.05) is 0 Å². The van der Waals surface area contributed by atoms with Crippen LogP contribution in [0.5, 0.6) is 0 Å². The van der Waals surface area contributed by atoms with Gasteiger partial charge in [-0.2, -0.15) is 4.31 Å². The number of sulfonamides is 1. The summed E-state index contributed by atoms with van der Waals surface area (Å²) in [6, 6.07) is 15.3. The van der Waals surface area contributed by atoms with Crippen molar-refractivity contribution in [3.05, 3.63) is 77.9 Å². The lowest BCUT2D eigenvalue weighted by molar-refractivity contribution is 0.300. The molecule has 6 heteroatoms. The van der Waals surface area contributed by atoms with E-state index in [0.29, 0.717) is 11.3 Å².